The molecule has 1 aromatic carbocycles. The van der Waals surface area contributed by atoms with Gasteiger partial charge in [-0.05, 0) is 72.6 Å². The number of hydrogen-bond acceptors (Lipinski definition) is 3. The van der Waals surface area contributed by atoms with Crippen LogP contribution in [0.4, 0.5) is 0 Å². The molecule has 1 amide bonds. The lowest BCUT2D eigenvalue weighted by Crippen LogP contribution is -2.27. The van der Waals surface area contributed by atoms with Crippen molar-refractivity contribution >= 4 is 28.5 Å². The van der Waals surface area contributed by atoms with Crippen LogP contribution in [0.5, 0.6) is 5.75 Å². The molecule has 2 rings (SSSR count). The van der Waals surface area contributed by atoms with E-state index >= 15 is 0 Å². The molecule has 1 unspecified atom stereocenters. The number of hydrogen-bond donors (Lipinski definition) is 2. The van der Waals surface area contributed by atoms with Crippen molar-refractivity contribution in [3.05, 3.63) is 27.3 Å². The molecule has 1 aliphatic heterocycles. The highest BCUT2D eigenvalue weighted by molar-refractivity contribution is 14.1. The predicted molar refractivity (Wildman–Crippen MR) is 83.6 cm³/mol. The number of rotatable bonds is 5. The second kappa shape index (κ2) is 7.09. The summed E-state index contributed by atoms with van der Waals surface area (Å²) in [6.07, 6.45) is 2.27. The maximum atomic E-state index is 12.1. The molecule has 1 saturated heterocycles. The van der Waals surface area contributed by atoms with Crippen molar-refractivity contribution in [2.75, 3.05) is 26.7 Å². The fourth-order valence-electron chi connectivity index (χ4n) is 2.25. The summed E-state index contributed by atoms with van der Waals surface area (Å²) in [5, 5.41) is 6.33. The maximum Gasteiger partial charge on any atom is 0.252 e. The molecule has 4 nitrogen and oxygen atoms in total. The van der Waals surface area contributed by atoms with E-state index in [0.29, 0.717) is 11.5 Å². The molecule has 1 aliphatic rings. The highest BCUT2D eigenvalue weighted by atomic mass is 127. The van der Waals surface area contributed by atoms with E-state index in [1.54, 1.807) is 7.11 Å². The Bertz CT molecular complexity index is 445. The molecular weight excluding hydrogens is 355 g/mol. The molecule has 5 heteroatoms. The van der Waals surface area contributed by atoms with Crippen molar-refractivity contribution in [3.63, 3.8) is 0 Å². The third-order valence-corrected chi connectivity index (χ3v) is 4.31. The van der Waals surface area contributed by atoms with Crippen LogP contribution >= 0.6 is 22.6 Å². The second-order valence-corrected chi connectivity index (χ2v) is 5.91. The monoisotopic (exact) mass is 374 g/mol. The van der Waals surface area contributed by atoms with E-state index in [0.717, 1.165) is 35.4 Å². The number of halogens is 1. The standard InChI is InChI=1S/C14H19IN2O2/c1-19-11-2-3-12(13(15)8-11)14(18)17-7-5-10-4-6-16-9-10/h2-3,8,10,16H,4-7,9H2,1H3,(H,17,18). The summed E-state index contributed by atoms with van der Waals surface area (Å²) in [7, 11) is 1.63. The number of carbonyl (C=O) groups excluding carboxylic acids is 1. The smallest absolute Gasteiger partial charge is 0.252 e. The van der Waals surface area contributed by atoms with Crippen LogP contribution in [0.3, 0.4) is 0 Å². The highest BCUT2D eigenvalue weighted by Gasteiger charge is 2.15. The van der Waals surface area contributed by atoms with Gasteiger partial charge < -0.3 is 15.4 Å². The predicted octanol–water partition coefficient (Wildman–Crippen LogP) is 2.03. The molecule has 0 aromatic heterocycles. The Morgan fingerprint density at radius 2 is 2.42 bits per heavy atom. The van der Waals surface area contributed by atoms with Gasteiger partial charge in [-0.25, -0.2) is 0 Å². The largest absolute Gasteiger partial charge is 0.497 e. The Kier molecular flexibility index (Phi) is 5.45. The Morgan fingerprint density at radius 3 is 3.05 bits per heavy atom. The van der Waals surface area contributed by atoms with Gasteiger partial charge in [-0.15, -0.1) is 0 Å². The quantitative estimate of drug-likeness (QED) is 0.776. The van der Waals surface area contributed by atoms with Crippen LogP contribution < -0.4 is 15.4 Å². The van der Waals surface area contributed by atoms with E-state index in [4.69, 9.17) is 4.74 Å². The average molecular weight is 374 g/mol. The van der Waals surface area contributed by atoms with Gasteiger partial charge in [0.15, 0.2) is 0 Å². The summed E-state index contributed by atoms with van der Waals surface area (Å²) in [5.41, 5.74) is 0.714. The van der Waals surface area contributed by atoms with Crippen LogP contribution in [0.1, 0.15) is 23.2 Å². The van der Waals surface area contributed by atoms with Gasteiger partial charge in [-0.1, -0.05) is 0 Å². The number of ether oxygens (including phenoxy) is 1. The Hall–Kier alpha value is -0.820. The first kappa shape index (κ1) is 14.6. The van der Waals surface area contributed by atoms with Crippen LogP contribution in [0.15, 0.2) is 18.2 Å². The molecule has 1 fully saturated rings. The van der Waals surface area contributed by atoms with E-state index in [1.807, 2.05) is 18.2 Å². The Balaban J connectivity index is 1.85. The third-order valence-electron chi connectivity index (χ3n) is 3.42. The van der Waals surface area contributed by atoms with Gasteiger partial charge in [0, 0.05) is 10.1 Å². The number of carbonyl (C=O) groups is 1. The average Bonchev–Trinajstić information content (AvgIpc) is 2.91. The lowest BCUT2D eigenvalue weighted by molar-refractivity contribution is 0.0950. The van der Waals surface area contributed by atoms with Gasteiger partial charge in [-0.2, -0.15) is 0 Å². The lowest BCUT2D eigenvalue weighted by atomic mass is 10.1. The first-order valence-electron chi connectivity index (χ1n) is 6.53. The molecule has 19 heavy (non-hydrogen) atoms. The molecule has 0 aliphatic carbocycles. The minimum atomic E-state index is -0.00184. The zero-order valence-electron chi connectivity index (χ0n) is 11.0. The fourth-order valence-corrected chi connectivity index (χ4v) is 2.98. The van der Waals surface area contributed by atoms with E-state index in [-0.39, 0.29) is 5.91 Å². The van der Waals surface area contributed by atoms with Crippen molar-refractivity contribution < 1.29 is 9.53 Å². The topological polar surface area (TPSA) is 50.4 Å². The molecule has 2 N–H and O–H groups in total. The van der Waals surface area contributed by atoms with Gasteiger partial charge in [0.25, 0.3) is 5.91 Å². The molecule has 104 valence electrons. The van der Waals surface area contributed by atoms with Gasteiger partial charge in [-0.3, -0.25) is 4.79 Å². The normalized spacial score (nSPS) is 18.3. The number of methoxy groups -OCH3 is 1. The fraction of sp³-hybridized carbons (Fsp3) is 0.500. The summed E-state index contributed by atoms with van der Waals surface area (Å²) in [6, 6.07) is 5.50. The molecule has 0 bridgehead atoms. The van der Waals surface area contributed by atoms with Crippen LogP contribution in [0.25, 0.3) is 0 Å². The van der Waals surface area contributed by atoms with Crippen LogP contribution in [0, 0.1) is 9.49 Å². The van der Waals surface area contributed by atoms with Crippen LogP contribution in [0.2, 0.25) is 0 Å². The number of nitrogens with one attached hydrogen (secondary N) is 2. The minimum absolute atomic E-state index is 0.00184. The number of benzene rings is 1. The molecular formula is C14H19IN2O2. The molecule has 1 heterocycles. The molecule has 0 spiro atoms. The molecule has 0 radical (unpaired) electrons. The van der Waals surface area contributed by atoms with Crippen molar-refractivity contribution in [1.29, 1.82) is 0 Å². The van der Waals surface area contributed by atoms with E-state index < -0.39 is 0 Å². The van der Waals surface area contributed by atoms with Gasteiger partial charge in [0.2, 0.25) is 0 Å². The highest BCUT2D eigenvalue weighted by Crippen LogP contribution is 2.19. The summed E-state index contributed by atoms with van der Waals surface area (Å²) in [4.78, 5) is 12.1. The van der Waals surface area contributed by atoms with Crippen LogP contribution in [-0.4, -0.2) is 32.7 Å². The molecule has 1 aromatic rings. The van der Waals surface area contributed by atoms with Gasteiger partial charge in [0.05, 0.1) is 12.7 Å². The lowest BCUT2D eigenvalue weighted by Gasteiger charge is -2.10. The van der Waals surface area contributed by atoms with E-state index in [2.05, 4.69) is 33.2 Å². The van der Waals surface area contributed by atoms with Crippen molar-refractivity contribution in [2.45, 2.75) is 12.8 Å². The minimum Gasteiger partial charge on any atom is -0.497 e. The van der Waals surface area contributed by atoms with Crippen molar-refractivity contribution in [2.24, 2.45) is 5.92 Å². The van der Waals surface area contributed by atoms with Crippen molar-refractivity contribution in [1.82, 2.24) is 10.6 Å². The SMILES string of the molecule is COc1ccc(C(=O)NCCC2CCNC2)c(I)c1. The second-order valence-electron chi connectivity index (χ2n) is 4.75. The first-order valence-corrected chi connectivity index (χ1v) is 7.61. The van der Waals surface area contributed by atoms with E-state index in [9.17, 15) is 4.79 Å². The summed E-state index contributed by atoms with van der Waals surface area (Å²) >= 11 is 2.16. The summed E-state index contributed by atoms with van der Waals surface area (Å²) < 4.78 is 6.05. The molecule has 1 atom stereocenters. The first-order chi connectivity index (χ1) is 9.20. The van der Waals surface area contributed by atoms with Crippen molar-refractivity contribution in [3.8, 4) is 5.75 Å². The zero-order valence-corrected chi connectivity index (χ0v) is 13.2. The van der Waals surface area contributed by atoms with E-state index in [1.165, 1.54) is 6.42 Å². The Labute approximate surface area is 127 Å². The molecule has 0 saturated carbocycles. The zero-order chi connectivity index (χ0) is 13.7. The number of amides is 1. The summed E-state index contributed by atoms with van der Waals surface area (Å²) in [5.74, 6) is 1.48. The Morgan fingerprint density at radius 1 is 1.58 bits per heavy atom. The van der Waals surface area contributed by atoms with Crippen LogP contribution in [-0.2, 0) is 0 Å². The maximum absolute atomic E-state index is 12.1. The van der Waals surface area contributed by atoms with Gasteiger partial charge >= 0.3 is 0 Å². The third kappa shape index (κ3) is 4.07. The van der Waals surface area contributed by atoms with Gasteiger partial charge in [0.1, 0.15) is 5.75 Å². The summed E-state index contributed by atoms with van der Waals surface area (Å²) in [6.45, 7) is 2.93.